The first-order valence-electron chi connectivity index (χ1n) is 6.10. The quantitative estimate of drug-likeness (QED) is 0.683. The van der Waals surface area contributed by atoms with Crippen LogP contribution in [0.4, 0.5) is 0 Å². The van der Waals surface area contributed by atoms with E-state index < -0.39 is 0 Å². The third-order valence-corrected chi connectivity index (χ3v) is 3.39. The van der Waals surface area contributed by atoms with Crippen LogP contribution in [-0.2, 0) is 0 Å². The molecule has 1 saturated carbocycles. The van der Waals surface area contributed by atoms with Gasteiger partial charge in [-0.15, -0.1) is 0 Å². The number of likely N-dealkylation sites (N-methyl/N-ethyl adjacent to an activating group) is 1. The minimum atomic E-state index is 0.584. The van der Waals surface area contributed by atoms with Crippen LogP contribution in [0.1, 0.15) is 46.5 Å². The summed E-state index contributed by atoms with van der Waals surface area (Å²) in [5.74, 6) is 0. The lowest BCUT2D eigenvalue weighted by atomic mass is 9.89. The smallest absolute Gasteiger partial charge is 0.0164 e. The molecule has 0 spiro atoms. The molecule has 0 aromatic carbocycles. The molecule has 0 heterocycles. The van der Waals surface area contributed by atoms with Crippen molar-refractivity contribution >= 4 is 0 Å². The summed E-state index contributed by atoms with van der Waals surface area (Å²) in [5, 5.41) is 7.01. The van der Waals surface area contributed by atoms with Crippen LogP contribution in [0.5, 0.6) is 0 Å². The van der Waals surface area contributed by atoms with Gasteiger partial charge in [0.05, 0.1) is 0 Å². The highest BCUT2D eigenvalue weighted by molar-refractivity contribution is 4.83. The van der Waals surface area contributed by atoms with Gasteiger partial charge in [-0.2, -0.15) is 0 Å². The molecule has 0 amide bonds. The molecule has 0 aromatic heterocycles. The minimum absolute atomic E-state index is 0.584. The van der Waals surface area contributed by atoms with E-state index in [1.807, 2.05) is 0 Å². The van der Waals surface area contributed by atoms with Crippen LogP contribution in [0.2, 0.25) is 0 Å². The molecule has 2 heteroatoms. The van der Waals surface area contributed by atoms with E-state index in [9.17, 15) is 0 Å². The van der Waals surface area contributed by atoms with Gasteiger partial charge in [-0.3, -0.25) is 0 Å². The van der Waals surface area contributed by atoms with Crippen LogP contribution in [0.15, 0.2) is 0 Å². The van der Waals surface area contributed by atoms with Crippen molar-refractivity contribution in [2.24, 2.45) is 5.41 Å². The molecule has 1 rings (SSSR count). The number of hydrogen-bond acceptors (Lipinski definition) is 2. The number of nitrogens with one attached hydrogen (secondary N) is 2. The fourth-order valence-electron chi connectivity index (χ4n) is 2.26. The first kappa shape index (κ1) is 12.0. The van der Waals surface area contributed by atoms with E-state index in [1.54, 1.807) is 0 Å². The third kappa shape index (κ3) is 3.97. The molecule has 14 heavy (non-hydrogen) atoms. The Kier molecular flexibility index (Phi) is 4.90. The zero-order valence-corrected chi connectivity index (χ0v) is 10.0. The van der Waals surface area contributed by atoms with Gasteiger partial charge in [0.2, 0.25) is 0 Å². The maximum atomic E-state index is 3.64. The van der Waals surface area contributed by atoms with E-state index in [4.69, 9.17) is 0 Å². The topological polar surface area (TPSA) is 24.1 Å². The Labute approximate surface area is 88.8 Å². The highest BCUT2D eigenvalue weighted by Crippen LogP contribution is 2.36. The van der Waals surface area contributed by atoms with Gasteiger partial charge < -0.3 is 10.6 Å². The summed E-state index contributed by atoms with van der Waals surface area (Å²) in [6.07, 6.45) is 5.68. The summed E-state index contributed by atoms with van der Waals surface area (Å²) in [7, 11) is 0. The lowest BCUT2D eigenvalue weighted by molar-refractivity contribution is 0.298. The summed E-state index contributed by atoms with van der Waals surface area (Å²) in [4.78, 5) is 0. The van der Waals surface area contributed by atoms with Crippen LogP contribution in [0.25, 0.3) is 0 Å². The normalized spacial score (nSPS) is 22.5. The van der Waals surface area contributed by atoms with E-state index in [-0.39, 0.29) is 0 Å². The van der Waals surface area contributed by atoms with Gasteiger partial charge in [0.25, 0.3) is 0 Å². The molecular weight excluding hydrogens is 172 g/mol. The highest BCUT2D eigenvalue weighted by Gasteiger charge is 2.28. The molecule has 1 aliphatic carbocycles. The molecule has 0 aliphatic heterocycles. The molecule has 1 unspecified atom stereocenters. The van der Waals surface area contributed by atoms with Gasteiger partial charge in [-0.05, 0) is 31.7 Å². The van der Waals surface area contributed by atoms with Gasteiger partial charge in [0.1, 0.15) is 0 Å². The molecule has 2 nitrogen and oxygen atoms in total. The van der Waals surface area contributed by atoms with Crippen molar-refractivity contribution < 1.29 is 0 Å². The molecule has 1 atom stereocenters. The first-order valence-corrected chi connectivity index (χ1v) is 6.10. The fraction of sp³-hybridized carbons (Fsp3) is 1.00. The summed E-state index contributed by atoms with van der Waals surface area (Å²) in [6, 6.07) is 0.604. The van der Waals surface area contributed by atoms with E-state index in [0.29, 0.717) is 11.5 Å². The first-order chi connectivity index (χ1) is 6.66. The Balaban J connectivity index is 2.12. The monoisotopic (exact) mass is 198 g/mol. The van der Waals surface area contributed by atoms with Crippen LogP contribution in [0.3, 0.4) is 0 Å². The molecule has 1 aliphatic rings. The minimum Gasteiger partial charge on any atom is -0.315 e. The molecule has 84 valence electrons. The molecule has 0 aromatic rings. The van der Waals surface area contributed by atoms with Crippen molar-refractivity contribution in [1.82, 2.24) is 10.6 Å². The van der Waals surface area contributed by atoms with Gasteiger partial charge >= 0.3 is 0 Å². The average Bonchev–Trinajstić information content (AvgIpc) is 2.60. The fourth-order valence-corrected chi connectivity index (χ4v) is 2.26. The van der Waals surface area contributed by atoms with E-state index >= 15 is 0 Å². The van der Waals surface area contributed by atoms with Gasteiger partial charge in [-0.1, -0.05) is 26.7 Å². The SMILES string of the molecule is CCNCC(C)NCC1(C)CCCC1. The molecule has 1 fully saturated rings. The van der Waals surface area contributed by atoms with Crippen molar-refractivity contribution in [2.75, 3.05) is 19.6 Å². The Bertz CT molecular complexity index is 150. The van der Waals surface area contributed by atoms with Crippen molar-refractivity contribution in [2.45, 2.75) is 52.5 Å². The second-order valence-corrected chi connectivity index (χ2v) is 5.11. The summed E-state index contributed by atoms with van der Waals surface area (Å²) >= 11 is 0. The van der Waals surface area contributed by atoms with Crippen molar-refractivity contribution in [3.05, 3.63) is 0 Å². The third-order valence-electron chi connectivity index (χ3n) is 3.39. The highest BCUT2D eigenvalue weighted by atomic mass is 15.0. The molecule has 0 radical (unpaired) electrons. The zero-order chi connectivity index (χ0) is 10.4. The maximum Gasteiger partial charge on any atom is 0.0164 e. The lowest BCUT2D eigenvalue weighted by Gasteiger charge is -2.26. The summed E-state index contributed by atoms with van der Waals surface area (Å²) in [5.41, 5.74) is 0.584. The Morgan fingerprint density at radius 1 is 1.29 bits per heavy atom. The molecule has 0 saturated heterocycles. The Morgan fingerprint density at radius 3 is 2.50 bits per heavy atom. The van der Waals surface area contributed by atoms with Crippen LogP contribution in [-0.4, -0.2) is 25.7 Å². The zero-order valence-electron chi connectivity index (χ0n) is 10.0. The predicted octanol–water partition coefficient (Wildman–Crippen LogP) is 2.15. The Morgan fingerprint density at radius 2 is 1.93 bits per heavy atom. The van der Waals surface area contributed by atoms with Crippen molar-refractivity contribution in [3.63, 3.8) is 0 Å². The van der Waals surface area contributed by atoms with Crippen molar-refractivity contribution in [1.29, 1.82) is 0 Å². The summed E-state index contributed by atoms with van der Waals surface area (Å²) < 4.78 is 0. The van der Waals surface area contributed by atoms with Gasteiger partial charge in [0.15, 0.2) is 0 Å². The Hall–Kier alpha value is -0.0800. The van der Waals surface area contributed by atoms with Gasteiger partial charge in [0, 0.05) is 19.1 Å². The number of rotatable bonds is 6. The predicted molar refractivity (Wildman–Crippen MR) is 62.6 cm³/mol. The second kappa shape index (κ2) is 5.72. The molecule has 2 N–H and O–H groups in total. The standard InChI is InChI=1S/C12H26N2/c1-4-13-9-11(2)14-10-12(3)7-5-6-8-12/h11,13-14H,4-10H2,1-3H3. The van der Waals surface area contributed by atoms with E-state index in [2.05, 4.69) is 31.4 Å². The van der Waals surface area contributed by atoms with Gasteiger partial charge in [-0.25, -0.2) is 0 Å². The van der Waals surface area contributed by atoms with Crippen LogP contribution in [0, 0.1) is 5.41 Å². The van der Waals surface area contributed by atoms with Crippen molar-refractivity contribution in [3.8, 4) is 0 Å². The molecule has 0 bridgehead atoms. The number of hydrogen-bond donors (Lipinski definition) is 2. The van der Waals surface area contributed by atoms with Crippen LogP contribution < -0.4 is 10.6 Å². The van der Waals surface area contributed by atoms with E-state index in [1.165, 1.54) is 32.2 Å². The van der Waals surface area contributed by atoms with Crippen LogP contribution >= 0.6 is 0 Å². The maximum absolute atomic E-state index is 3.64. The largest absolute Gasteiger partial charge is 0.315 e. The second-order valence-electron chi connectivity index (χ2n) is 5.11. The summed E-state index contributed by atoms with van der Waals surface area (Å²) in [6.45, 7) is 10.2. The molecular formula is C12H26N2. The average molecular weight is 198 g/mol. The lowest BCUT2D eigenvalue weighted by Crippen LogP contribution is -2.41. The van der Waals surface area contributed by atoms with E-state index in [0.717, 1.165) is 13.1 Å².